The largest absolute Gasteiger partial charge is 0.505 e. The molecule has 0 radical (unpaired) electrons. The van der Waals surface area contributed by atoms with Crippen LogP contribution < -0.4 is 0 Å². The molecule has 0 fully saturated rings. The SMILES string of the molecule is O=C1O[C@H]([C@@H](O)COC/C=C/c2ccccc2)C(O)=C1O. The van der Waals surface area contributed by atoms with E-state index in [2.05, 4.69) is 4.74 Å². The van der Waals surface area contributed by atoms with Gasteiger partial charge in [0.25, 0.3) is 0 Å². The number of hydrogen-bond acceptors (Lipinski definition) is 6. The zero-order valence-corrected chi connectivity index (χ0v) is 11.2. The molecule has 2 rings (SSSR count). The average molecular weight is 292 g/mol. The molecule has 1 aromatic rings. The van der Waals surface area contributed by atoms with Gasteiger partial charge in [-0.3, -0.25) is 0 Å². The van der Waals surface area contributed by atoms with Crippen molar-refractivity contribution in [3.63, 3.8) is 0 Å². The average Bonchev–Trinajstić information content (AvgIpc) is 2.75. The fraction of sp³-hybridized carbons (Fsp3) is 0.267. The maximum Gasteiger partial charge on any atom is 0.377 e. The first kappa shape index (κ1) is 15.1. The second-order valence-electron chi connectivity index (χ2n) is 4.48. The number of carbonyl (C=O) groups excluding carboxylic acids is 1. The van der Waals surface area contributed by atoms with Gasteiger partial charge in [-0.25, -0.2) is 4.79 Å². The molecule has 1 aliphatic rings. The first-order valence-electron chi connectivity index (χ1n) is 6.40. The van der Waals surface area contributed by atoms with Gasteiger partial charge in [0.05, 0.1) is 13.2 Å². The molecule has 0 aromatic heterocycles. The number of aliphatic hydroxyl groups is 3. The van der Waals surface area contributed by atoms with Crippen LogP contribution in [0.25, 0.3) is 6.08 Å². The smallest absolute Gasteiger partial charge is 0.377 e. The Balaban J connectivity index is 1.74. The van der Waals surface area contributed by atoms with Gasteiger partial charge in [0.15, 0.2) is 11.9 Å². The lowest BCUT2D eigenvalue weighted by Crippen LogP contribution is -2.32. The summed E-state index contributed by atoms with van der Waals surface area (Å²) in [6.07, 6.45) is 1.11. The first-order valence-corrected chi connectivity index (χ1v) is 6.40. The van der Waals surface area contributed by atoms with Crippen molar-refractivity contribution in [2.24, 2.45) is 0 Å². The molecule has 0 saturated heterocycles. The van der Waals surface area contributed by atoms with Crippen LogP contribution in [0, 0.1) is 0 Å². The quantitative estimate of drug-likeness (QED) is 0.541. The van der Waals surface area contributed by atoms with Gasteiger partial charge in [-0.2, -0.15) is 0 Å². The molecule has 0 bridgehead atoms. The molecule has 1 aliphatic heterocycles. The Hall–Kier alpha value is -2.31. The van der Waals surface area contributed by atoms with Crippen LogP contribution in [0.15, 0.2) is 47.9 Å². The van der Waals surface area contributed by atoms with Crippen LogP contribution in [0.5, 0.6) is 0 Å². The van der Waals surface area contributed by atoms with E-state index in [4.69, 9.17) is 9.84 Å². The van der Waals surface area contributed by atoms with Crippen molar-refractivity contribution < 1.29 is 29.6 Å². The minimum atomic E-state index is -1.28. The summed E-state index contributed by atoms with van der Waals surface area (Å²) < 4.78 is 9.82. The van der Waals surface area contributed by atoms with Crippen LogP contribution in [0.2, 0.25) is 0 Å². The predicted molar refractivity (Wildman–Crippen MR) is 74.5 cm³/mol. The summed E-state index contributed by atoms with van der Waals surface area (Å²) in [6, 6.07) is 9.63. The molecule has 0 aliphatic carbocycles. The van der Waals surface area contributed by atoms with Crippen molar-refractivity contribution in [1.29, 1.82) is 0 Å². The molecule has 1 aromatic carbocycles. The summed E-state index contributed by atoms with van der Waals surface area (Å²) in [4.78, 5) is 11.0. The van der Waals surface area contributed by atoms with E-state index < -0.39 is 29.7 Å². The lowest BCUT2D eigenvalue weighted by molar-refractivity contribution is -0.148. The molecule has 21 heavy (non-hydrogen) atoms. The van der Waals surface area contributed by atoms with E-state index in [1.807, 2.05) is 36.4 Å². The molecule has 3 N–H and O–H groups in total. The summed E-state index contributed by atoms with van der Waals surface area (Å²) in [5.74, 6) is -2.60. The number of aliphatic hydroxyl groups excluding tert-OH is 3. The molecule has 112 valence electrons. The first-order chi connectivity index (χ1) is 10.1. The second-order valence-corrected chi connectivity index (χ2v) is 4.48. The molecule has 6 nitrogen and oxygen atoms in total. The maximum atomic E-state index is 11.0. The lowest BCUT2D eigenvalue weighted by atomic mass is 10.2. The molecular formula is C15H16O6. The van der Waals surface area contributed by atoms with Crippen LogP contribution >= 0.6 is 0 Å². The molecule has 2 atom stereocenters. The third kappa shape index (κ3) is 3.84. The highest BCUT2D eigenvalue weighted by Gasteiger charge is 2.39. The van der Waals surface area contributed by atoms with Crippen LogP contribution in [0.4, 0.5) is 0 Å². The number of ether oxygens (including phenoxy) is 2. The van der Waals surface area contributed by atoms with Gasteiger partial charge in [-0.15, -0.1) is 0 Å². The van der Waals surface area contributed by atoms with Crippen molar-refractivity contribution in [2.45, 2.75) is 12.2 Å². The number of cyclic esters (lactones) is 1. The minimum Gasteiger partial charge on any atom is -0.505 e. The van der Waals surface area contributed by atoms with Gasteiger partial charge in [0.2, 0.25) is 5.76 Å². The highest BCUT2D eigenvalue weighted by Crippen LogP contribution is 2.21. The molecule has 0 saturated carbocycles. The zero-order chi connectivity index (χ0) is 15.2. The zero-order valence-electron chi connectivity index (χ0n) is 11.2. The molecule has 0 unspecified atom stereocenters. The molecule has 1 heterocycles. The standard InChI is InChI=1S/C15H16O6/c16-11(14-12(17)13(18)15(19)21-14)9-20-8-4-7-10-5-2-1-3-6-10/h1-7,11,14,16-18H,8-9H2/b7-4+/t11-,14+/m0/s1. The Kier molecular flexibility index (Phi) is 4.97. The van der Waals surface area contributed by atoms with Gasteiger partial charge in [0, 0.05) is 0 Å². The topological polar surface area (TPSA) is 96.2 Å². The van der Waals surface area contributed by atoms with Crippen molar-refractivity contribution in [3.05, 3.63) is 53.5 Å². The Labute approximate surface area is 121 Å². The Morgan fingerprint density at radius 3 is 2.62 bits per heavy atom. The Bertz CT molecular complexity index is 549. The summed E-state index contributed by atoms with van der Waals surface area (Å²) in [5.41, 5.74) is 1.02. The third-order valence-corrected chi connectivity index (χ3v) is 2.90. The predicted octanol–water partition coefficient (Wildman–Crippen LogP) is 1.33. The minimum absolute atomic E-state index is 0.144. The summed E-state index contributed by atoms with van der Waals surface area (Å²) >= 11 is 0. The Morgan fingerprint density at radius 2 is 2.00 bits per heavy atom. The van der Waals surface area contributed by atoms with E-state index in [1.165, 1.54) is 0 Å². The molecule has 0 spiro atoms. The van der Waals surface area contributed by atoms with Crippen molar-refractivity contribution in [2.75, 3.05) is 13.2 Å². The normalized spacial score (nSPS) is 20.0. The van der Waals surface area contributed by atoms with E-state index >= 15 is 0 Å². The van der Waals surface area contributed by atoms with Crippen LogP contribution in [-0.4, -0.2) is 46.7 Å². The van der Waals surface area contributed by atoms with Crippen LogP contribution in [0.3, 0.4) is 0 Å². The molecular weight excluding hydrogens is 276 g/mol. The number of carbonyl (C=O) groups is 1. The summed E-state index contributed by atoms with van der Waals surface area (Å²) in [5, 5.41) is 28.3. The van der Waals surface area contributed by atoms with E-state index in [9.17, 15) is 15.0 Å². The second kappa shape index (κ2) is 6.92. The van der Waals surface area contributed by atoms with Gasteiger partial charge >= 0.3 is 5.97 Å². The number of rotatable bonds is 6. The summed E-state index contributed by atoms with van der Waals surface area (Å²) in [7, 11) is 0. The van der Waals surface area contributed by atoms with Gasteiger partial charge < -0.3 is 24.8 Å². The van der Waals surface area contributed by atoms with Crippen LogP contribution in [-0.2, 0) is 14.3 Å². The number of esters is 1. The Morgan fingerprint density at radius 1 is 1.29 bits per heavy atom. The lowest BCUT2D eigenvalue weighted by Gasteiger charge is -2.16. The van der Waals surface area contributed by atoms with E-state index in [0.717, 1.165) is 5.56 Å². The fourth-order valence-corrected chi connectivity index (χ4v) is 1.82. The van der Waals surface area contributed by atoms with E-state index in [0.29, 0.717) is 0 Å². The van der Waals surface area contributed by atoms with Gasteiger partial charge in [0.1, 0.15) is 6.10 Å². The maximum absolute atomic E-state index is 11.0. The highest BCUT2D eigenvalue weighted by atomic mass is 16.6. The van der Waals surface area contributed by atoms with E-state index in [-0.39, 0.29) is 13.2 Å². The van der Waals surface area contributed by atoms with Crippen molar-refractivity contribution >= 4 is 12.0 Å². The monoisotopic (exact) mass is 292 g/mol. The molecule has 0 amide bonds. The number of hydrogen-bond donors (Lipinski definition) is 3. The van der Waals surface area contributed by atoms with Crippen molar-refractivity contribution in [1.82, 2.24) is 0 Å². The highest BCUT2D eigenvalue weighted by molar-refractivity contribution is 5.89. The van der Waals surface area contributed by atoms with Crippen molar-refractivity contribution in [3.8, 4) is 0 Å². The van der Waals surface area contributed by atoms with Crippen LogP contribution in [0.1, 0.15) is 5.56 Å². The summed E-state index contributed by atoms with van der Waals surface area (Å²) in [6.45, 7) is 0.109. The third-order valence-electron chi connectivity index (χ3n) is 2.90. The molecule has 6 heteroatoms. The van der Waals surface area contributed by atoms with Gasteiger partial charge in [-0.1, -0.05) is 42.5 Å². The number of benzene rings is 1. The van der Waals surface area contributed by atoms with E-state index in [1.54, 1.807) is 6.08 Å². The van der Waals surface area contributed by atoms with Gasteiger partial charge in [-0.05, 0) is 5.56 Å². The fourth-order valence-electron chi connectivity index (χ4n) is 1.82.